The van der Waals surface area contributed by atoms with Gasteiger partial charge in [-0.25, -0.2) is 0 Å². The van der Waals surface area contributed by atoms with Crippen LogP contribution in [0.2, 0.25) is 0 Å². The maximum Gasteiger partial charge on any atom is 0.416 e. The smallest absolute Gasteiger partial charge is 0.366 e. The molecule has 0 bridgehead atoms. The Balaban J connectivity index is 1.87. The van der Waals surface area contributed by atoms with Crippen LogP contribution in [0.4, 0.5) is 18.9 Å². The Labute approximate surface area is 153 Å². The summed E-state index contributed by atoms with van der Waals surface area (Å²) in [5.41, 5.74) is 5.45. The van der Waals surface area contributed by atoms with Crippen molar-refractivity contribution in [2.75, 3.05) is 17.7 Å². The highest BCUT2D eigenvalue weighted by atomic mass is 32.2. The number of halogens is 3. The molecular formula is C18H17F3N2O2S. The van der Waals surface area contributed by atoms with Crippen molar-refractivity contribution in [1.29, 1.82) is 0 Å². The van der Waals surface area contributed by atoms with E-state index in [1.165, 1.54) is 28.8 Å². The fraction of sp³-hybridized carbons (Fsp3) is 0.222. The van der Waals surface area contributed by atoms with Crippen LogP contribution in [0.15, 0.2) is 53.4 Å². The molecule has 0 aliphatic heterocycles. The van der Waals surface area contributed by atoms with Crippen molar-refractivity contribution in [2.24, 2.45) is 5.73 Å². The fourth-order valence-electron chi connectivity index (χ4n) is 2.16. The zero-order valence-electron chi connectivity index (χ0n) is 13.9. The van der Waals surface area contributed by atoms with Crippen molar-refractivity contribution in [1.82, 2.24) is 0 Å². The number of nitrogens with zero attached hydrogens (tertiary/aromatic N) is 1. The van der Waals surface area contributed by atoms with Crippen molar-refractivity contribution in [2.45, 2.75) is 17.5 Å². The lowest BCUT2D eigenvalue weighted by Gasteiger charge is -2.17. The number of amides is 2. The fourth-order valence-corrected chi connectivity index (χ4v) is 3.00. The number of anilines is 1. The van der Waals surface area contributed by atoms with E-state index in [-0.39, 0.29) is 12.3 Å². The van der Waals surface area contributed by atoms with Crippen LogP contribution in [0.3, 0.4) is 0 Å². The number of thioether (sulfide) groups is 1. The summed E-state index contributed by atoms with van der Waals surface area (Å²) >= 11 is 1.31. The molecule has 8 heteroatoms. The molecule has 0 spiro atoms. The van der Waals surface area contributed by atoms with Gasteiger partial charge in [-0.15, -0.1) is 11.8 Å². The number of carbonyl (C=O) groups is 2. The Bertz CT molecular complexity index is 775. The SMILES string of the molecule is CN(C(=O)CCSc1ccc(C(F)(F)F)cc1)c1ccc(C(N)=O)cc1. The van der Waals surface area contributed by atoms with Crippen LogP contribution in [0.5, 0.6) is 0 Å². The minimum absolute atomic E-state index is 0.142. The zero-order valence-corrected chi connectivity index (χ0v) is 14.7. The van der Waals surface area contributed by atoms with Gasteiger partial charge in [0.1, 0.15) is 0 Å². The van der Waals surface area contributed by atoms with Crippen LogP contribution in [-0.2, 0) is 11.0 Å². The molecule has 0 aromatic heterocycles. The van der Waals surface area contributed by atoms with Crippen molar-refractivity contribution in [3.63, 3.8) is 0 Å². The molecule has 26 heavy (non-hydrogen) atoms. The molecule has 0 heterocycles. The summed E-state index contributed by atoms with van der Waals surface area (Å²) < 4.78 is 37.5. The van der Waals surface area contributed by atoms with E-state index >= 15 is 0 Å². The average molecular weight is 382 g/mol. The van der Waals surface area contributed by atoms with Gasteiger partial charge in [-0.05, 0) is 48.5 Å². The van der Waals surface area contributed by atoms with E-state index in [9.17, 15) is 22.8 Å². The van der Waals surface area contributed by atoms with Crippen molar-refractivity contribution in [3.05, 3.63) is 59.7 Å². The third kappa shape index (κ3) is 5.26. The van der Waals surface area contributed by atoms with Gasteiger partial charge in [-0.1, -0.05) is 0 Å². The molecule has 138 valence electrons. The number of hydrogen-bond acceptors (Lipinski definition) is 3. The third-order valence-electron chi connectivity index (χ3n) is 3.68. The average Bonchev–Trinajstić information content (AvgIpc) is 2.60. The number of hydrogen-bond donors (Lipinski definition) is 1. The number of benzene rings is 2. The molecule has 0 fully saturated rings. The molecule has 0 aliphatic rings. The lowest BCUT2D eigenvalue weighted by molar-refractivity contribution is -0.137. The van der Waals surface area contributed by atoms with Gasteiger partial charge in [0.2, 0.25) is 11.8 Å². The molecule has 2 aromatic rings. The number of rotatable bonds is 6. The predicted octanol–water partition coefficient (Wildman–Crippen LogP) is 3.95. The summed E-state index contributed by atoms with van der Waals surface area (Å²) in [4.78, 5) is 25.4. The molecule has 0 atom stereocenters. The Morgan fingerprint density at radius 3 is 2.12 bits per heavy atom. The summed E-state index contributed by atoms with van der Waals surface area (Å²) in [6.45, 7) is 0. The Hall–Kier alpha value is -2.48. The second kappa shape index (κ2) is 8.27. The Morgan fingerprint density at radius 2 is 1.62 bits per heavy atom. The van der Waals surface area contributed by atoms with E-state index < -0.39 is 17.6 Å². The summed E-state index contributed by atoms with van der Waals surface area (Å²) in [7, 11) is 1.62. The van der Waals surface area contributed by atoms with Gasteiger partial charge in [-0.3, -0.25) is 9.59 Å². The van der Waals surface area contributed by atoms with Gasteiger partial charge in [0.05, 0.1) is 5.56 Å². The first-order valence-electron chi connectivity index (χ1n) is 7.65. The van der Waals surface area contributed by atoms with E-state index in [2.05, 4.69) is 0 Å². The van der Waals surface area contributed by atoms with Gasteiger partial charge in [0.25, 0.3) is 0 Å². The van der Waals surface area contributed by atoms with Crippen LogP contribution < -0.4 is 10.6 Å². The summed E-state index contributed by atoms with van der Waals surface area (Å²) in [6, 6.07) is 11.2. The minimum atomic E-state index is -4.36. The van der Waals surface area contributed by atoms with Gasteiger partial charge in [-0.2, -0.15) is 13.2 Å². The normalized spacial score (nSPS) is 11.2. The zero-order chi connectivity index (χ0) is 19.3. The highest BCUT2D eigenvalue weighted by Gasteiger charge is 2.29. The van der Waals surface area contributed by atoms with Crippen molar-refractivity contribution < 1.29 is 22.8 Å². The van der Waals surface area contributed by atoms with E-state index in [0.29, 0.717) is 21.9 Å². The molecule has 0 saturated carbocycles. The highest BCUT2D eigenvalue weighted by Crippen LogP contribution is 2.30. The predicted molar refractivity (Wildman–Crippen MR) is 95.2 cm³/mol. The molecule has 0 radical (unpaired) electrons. The van der Waals surface area contributed by atoms with Crippen LogP contribution in [0, 0.1) is 0 Å². The highest BCUT2D eigenvalue weighted by molar-refractivity contribution is 7.99. The van der Waals surface area contributed by atoms with Gasteiger partial charge < -0.3 is 10.6 Å². The molecule has 0 saturated heterocycles. The standard InChI is InChI=1S/C18H17F3N2O2S/c1-23(14-6-2-12(3-7-14)17(22)25)16(24)10-11-26-15-8-4-13(5-9-15)18(19,20)21/h2-9H,10-11H2,1H3,(H2,22,25). The molecular weight excluding hydrogens is 365 g/mol. The molecule has 2 aromatic carbocycles. The molecule has 0 unspecified atom stereocenters. The summed E-state index contributed by atoms with van der Waals surface area (Å²) in [5, 5.41) is 0. The number of primary amides is 1. The summed E-state index contributed by atoms with van der Waals surface area (Å²) in [5.74, 6) is -0.247. The lowest BCUT2D eigenvalue weighted by atomic mass is 10.2. The first-order valence-corrected chi connectivity index (χ1v) is 8.63. The molecule has 2 rings (SSSR count). The van der Waals surface area contributed by atoms with E-state index in [0.717, 1.165) is 12.1 Å². The minimum Gasteiger partial charge on any atom is -0.366 e. The van der Waals surface area contributed by atoms with Gasteiger partial charge >= 0.3 is 6.18 Å². The lowest BCUT2D eigenvalue weighted by Crippen LogP contribution is -2.26. The Morgan fingerprint density at radius 1 is 1.04 bits per heavy atom. The first kappa shape index (κ1) is 19.8. The third-order valence-corrected chi connectivity index (χ3v) is 4.69. The van der Waals surface area contributed by atoms with Crippen LogP contribution >= 0.6 is 11.8 Å². The van der Waals surface area contributed by atoms with Crippen LogP contribution in [-0.4, -0.2) is 24.6 Å². The van der Waals surface area contributed by atoms with Crippen LogP contribution in [0.25, 0.3) is 0 Å². The number of carbonyl (C=O) groups excluding carboxylic acids is 2. The maximum absolute atomic E-state index is 12.5. The van der Waals surface area contributed by atoms with Crippen molar-refractivity contribution in [3.8, 4) is 0 Å². The van der Waals surface area contributed by atoms with Gasteiger partial charge in [0, 0.05) is 35.4 Å². The van der Waals surface area contributed by atoms with E-state index in [1.807, 2.05) is 0 Å². The maximum atomic E-state index is 12.5. The van der Waals surface area contributed by atoms with Gasteiger partial charge in [0.15, 0.2) is 0 Å². The first-order chi connectivity index (χ1) is 12.2. The molecule has 2 N–H and O–H groups in total. The molecule has 4 nitrogen and oxygen atoms in total. The quantitative estimate of drug-likeness (QED) is 0.770. The van der Waals surface area contributed by atoms with E-state index in [4.69, 9.17) is 5.73 Å². The number of nitrogens with two attached hydrogens (primary N) is 1. The summed E-state index contributed by atoms with van der Waals surface area (Å²) in [6.07, 6.45) is -4.13. The topological polar surface area (TPSA) is 63.4 Å². The second-order valence-electron chi connectivity index (χ2n) is 5.48. The largest absolute Gasteiger partial charge is 0.416 e. The second-order valence-corrected chi connectivity index (χ2v) is 6.65. The molecule has 0 aliphatic carbocycles. The Kier molecular flexibility index (Phi) is 6.31. The molecule has 2 amide bonds. The number of alkyl halides is 3. The van der Waals surface area contributed by atoms with Crippen molar-refractivity contribution >= 4 is 29.3 Å². The van der Waals surface area contributed by atoms with E-state index in [1.54, 1.807) is 31.3 Å². The monoisotopic (exact) mass is 382 g/mol. The van der Waals surface area contributed by atoms with Crippen LogP contribution in [0.1, 0.15) is 22.3 Å².